The van der Waals surface area contributed by atoms with Gasteiger partial charge in [-0.15, -0.1) is 0 Å². The van der Waals surface area contributed by atoms with E-state index in [0.29, 0.717) is 0 Å². The molecule has 0 rings (SSSR count). The number of allylic oxidation sites excluding steroid dienone is 1. The Morgan fingerprint density at radius 1 is 1.71 bits per heavy atom. The van der Waals surface area contributed by atoms with E-state index in [1.54, 1.807) is 0 Å². The predicted molar refractivity (Wildman–Crippen MR) is 34.7 cm³/mol. The zero-order valence-electron chi connectivity index (χ0n) is 4.89. The summed E-state index contributed by atoms with van der Waals surface area (Å²) < 4.78 is 0. The Morgan fingerprint density at radius 2 is 2.29 bits per heavy atom. The van der Waals surface area contributed by atoms with Crippen LogP contribution in [0.15, 0.2) is 11.8 Å². The van der Waals surface area contributed by atoms with Crippen molar-refractivity contribution in [1.29, 1.82) is 0 Å². The van der Waals surface area contributed by atoms with E-state index < -0.39 is 9.04 Å². The minimum atomic E-state index is -1.37. The largest absolute Gasteiger partial charge is 0.431 e. The highest BCUT2D eigenvalue weighted by Gasteiger charge is 1.84. The SMILES string of the molecule is CCC=C[SiH](C)O. The second-order valence-electron chi connectivity index (χ2n) is 1.58. The van der Waals surface area contributed by atoms with Crippen molar-refractivity contribution in [2.45, 2.75) is 19.9 Å². The van der Waals surface area contributed by atoms with Crippen LogP contribution in [0, 0.1) is 0 Å². The minimum absolute atomic E-state index is 1.04. The Labute approximate surface area is 46.4 Å². The Balaban J connectivity index is 3.08. The summed E-state index contributed by atoms with van der Waals surface area (Å²) in [6, 6.07) is 0. The summed E-state index contributed by atoms with van der Waals surface area (Å²) in [7, 11) is -1.37. The summed E-state index contributed by atoms with van der Waals surface area (Å²) in [5, 5.41) is 0. The number of hydrogen-bond acceptors (Lipinski definition) is 1. The van der Waals surface area contributed by atoms with Gasteiger partial charge in [0.2, 0.25) is 0 Å². The van der Waals surface area contributed by atoms with Gasteiger partial charge in [-0.1, -0.05) is 18.7 Å². The van der Waals surface area contributed by atoms with Crippen LogP contribution in [-0.2, 0) is 0 Å². The first-order valence-electron chi connectivity index (χ1n) is 2.62. The van der Waals surface area contributed by atoms with Crippen LogP contribution < -0.4 is 0 Å². The van der Waals surface area contributed by atoms with Crippen molar-refractivity contribution >= 4 is 9.04 Å². The molecule has 0 saturated carbocycles. The standard InChI is InChI=1S/C5H12OSi/c1-3-4-5-7(2)6/h4-7H,3H2,1-2H3. The average Bonchev–Trinajstić information content (AvgIpc) is 1.61. The molecule has 42 valence electrons. The van der Waals surface area contributed by atoms with Crippen molar-refractivity contribution in [3.05, 3.63) is 11.8 Å². The summed E-state index contributed by atoms with van der Waals surface area (Å²) >= 11 is 0. The highest BCUT2D eigenvalue weighted by molar-refractivity contribution is 6.54. The van der Waals surface area contributed by atoms with Gasteiger partial charge in [0.1, 0.15) is 0 Å². The molecule has 1 atom stereocenters. The molecule has 0 aliphatic heterocycles. The molecule has 0 spiro atoms. The first-order valence-corrected chi connectivity index (χ1v) is 4.96. The molecule has 0 aromatic rings. The molecule has 0 bridgehead atoms. The molecule has 0 aromatic heterocycles. The normalized spacial score (nSPS) is 15.3. The van der Waals surface area contributed by atoms with Crippen molar-refractivity contribution in [1.82, 2.24) is 0 Å². The average molecular weight is 116 g/mol. The van der Waals surface area contributed by atoms with E-state index in [-0.39, 0.29) is 0 Å². The van der Waals surface area contributed by atoms with E-state index in [4.69, 9.17) is 4.80 Å². The highest BCUT2D eigenvalue weighted by Crippen LogP contribution is 1.81. The van der Waals surface area contributed by atoms with Gasteiger partial charge < -0.3 is 4.80 Å². The maximum absolute atomic E-state index is 8.74. The monoisotopic (exact) mass is 116 g/mol. The smallest absolute Gasteiger partial charge is 0.193 e. The lowest BCUT2D eigenvalue weighted by Gasteiger charge is -1.85. The molecule has 0 saturated heterocycles. The molecule has 1 unspecified atom stereocenters. The van der Waals surface area contributed by atoms with Crippen LogP contribution in [0.25, 0.3) is 0 Å². The van der Waals surface area contributed by atoms with Gasteiger partial charge in [0.15, 0.2) is 9.04 Å². The Kier molecular flexibility index (Phi) is 4.04. The van der Waals surface area contributed by atoms with Crippen molar-refractivity contribution < 1.29 is 4.80 Å². The quantitative estimate of drug-likeness (QED) is 0.530. The molecule has 2 heteroatoms. The topological polar surface area (TPSA) is 20.2 Å². The highest BCUT2D eigenvalue weighted by atomic mass is 28.3. The van der Waals surface area contributed by atoms with Gasteiger partial charge in [0, 0.05) is 0 Å². The van der Waals surface area contributed by atoms with Crippen LogP contribution >= 0.6 is 0 Å². The van der Waals surface area contributed by atoms with Crippen LogP contribution in [0.5, 0.6) is 0 Å². The van der Waals surface area contributed by atoms with E-state index in [1.807, 2.05) is 18.3 Å². The van der Waals surface area contributed by atoms with E-state index in [1.165, 1.54) is 0 Å². The molecule has 0 aliphatic carbocycles. The van der Waals surface area contributed by atoms with Gasteiger partial charge in [0.05, 0.1) is 0 Å². The van der Waals surface area contributed by atoms with Crippen LogP contribution in [0.4, 0.5) is 0 Å². The van der Waals surface area contributed by atoms with Crippen molar-refractivity contribution in [3.8, 4) is 0 Å². The maximum Gasteiger partial charge on any atom is 0.193 e. The van der Waals surface area contributed by atoms with Gasteiger partial charge in [-0.3, -0.25) is 0 Å². The molecule has 1 N–H and O–H groups in total. The van der Waals surface area contributed by atoms with Gasteiger partial charge in [-0.25, -0.2) is 0 Å². The Morgan fingerprint density at radius 3 is 2.43 bits per heavy atom. The number of rotatable bonds is 2. The summed E-state index contributed by atoms with van der Waals surface area (Å²) in [4.78, 5) is 8.74. The fourth-order valence-electron chi connectivity index (χ4n) is 0.333. The Hall–Kier alpha value is -0.0831. The van der Waals surface area contributed by atoms with Crippen LogP contribution in [0.2, 0.25) is 6.55 Å². The van der Waals surface area contributed by atoms with Crippen LogP contribution in [0.3, 0.4) is 0 Å². The molecule has 7 heavy (non-hydrogen) atoms. The molecule has 0 aliphatic rings. The lowest BCUT2D eigenvalue weighted by atomic mass is 10.5. The summed E-state index contributed by atoms with van der Waals surface area (Å²) in [6.07, 6.45) is 3.05. The van der Waals surface area contributed by atoms with Crippen molar-refractivity contribution in [3.63, 3.8) is 0 Å². The number of hydrogen-bond donors (Lipinski definition) is 1. The van der Waals surface area contributed by atoms with Gasteiger partial charge in [-0.2, -0.15) is 0 Å². The van der Waals surface area contributed by atoms with E-state index in [2.05, 4.69) is 6.92 Å². The van der Waals surface area contributed by atoms with Crippen molar-refractivity contribution in [2.24, 2.45) is 0 Å². The molecule has 0 aromatic carbocycles. The third kappa shape index (κ3) is 5.92. The summed E-state index contributed by atoms with van der Waals surface area (Å²) in [5.74, 6) is 0. The molecule has 0 fully saturated rings. The van der Waals surface area contributed by atoms with E-state index in [9.17, 15) is 0 Å². The lowest BCUT2D eigenvalue weighted by molar-refractivity contribution is 0.592. The third-order valence-electron chi connectivity index (χ3n) is 0.650. The first kappa shape index (κ1) is 6.92. The van der Waals surface area contributed by atoms with E-state index >= 15 is 0 Å². The van der Waals surface area contributed by atoms with Gasteiger partial charge in [-0.05, 0) is 13.0 Å². The fourth-order valence-corrected chi connectivity index (χ4v) is 0.999. The lowest BCUT2D eigenvalue weighted by Crippen LogP contribution is -1.98. The van der Waals surface area contributed by atoms with E-state index in [0.717, 1.165) is 6.42 Å². The zero-order valence-corrected chi connectivity index (χ0v) is 6.04. The van der Waals surface area contributed by atoms with Gasteiger partial charge in [0.25, 0.3) is 0 Å². The molecular formula is C5H12OSi. The zero-order chi connectivity index (χ0) is 5.70. The third-order valence-corrected chi connectivity index (χ3v) is 1.48. The molecule has 0 heterocycles. The molecule has 1 nitrogen and oxygen atoms in total. The maximum atomic E-state index is 8.74. The van der Waals surface area contributed by atoms with Crippen molar-refractivity contribution in [2.75, 3.05) is 0 Å². The van der Waals surface area contributed by atoms with Crippen LogP contribution in [-0.4, -0.2) is 13.8 Å². The van der Waals surface area contributed by atoms with Crippen LogP contribution in [0.1, 0.15) is 13.3 Å². The molecular weight excluding hydrogens is 104 g/mol. The van der Waals surface area contributed by atoms with Gasteiger partial charge >= 0.3 is 0 Å². The first-order chi connectivity index (χ1) is 3.27. The molecule has 0 radical (unpaired) electrons. The predicted octanol–water partition coefficient (Wildman–Crippen LogP) is 0.838. The second-order valence-corrected chi connectivity index (χ2v) is 3.44. The summed E-state index contributed by atoms with van der Waals surface area (Å²) in [5.41, 5.74) is 1.92. The fraction of sp³-hybridized carbons (Fsp3) is 0.600. The Bertz CT molecular complexity index is 59.1. The minimum Gasteiger partial charge on any atom is -0.431 e. The molecule has 0 amide bonds. The second kappa shape index (κ2) is 4.09. The summed E-state index contributed by atoms with van der Waals surface area (Å²) in [6.45, 7) is 3.94.